The van der Waals surface area contributed by atoms with Gasteiger partial charge in [-0.1, -0.05) is 30.3 Å². The third-order valence-electron chi connectivity index (χ3n) is 4.13. The van der Waals surface area contributed by atoms with Crippen LogP contribution in [0, 0.1) is 0 Å². The van der Waals surface area contributed by atoms with E-state index in [0.29, 0.717) is 6.04 Å². The zero-order chi connectivity index (χ0) is 13.9. The van der Waals surface area contributed by atoms with Gasteiger partial charge < -0.3 is 9.64 Å². The molecule has 0 saturated heterocycles. The Morgan fingerprint density at radius 3 is 2.26 bits per heavy atom. The van der Waals surface area contributed by atoms with Crippen LogP contribution >= 0.6 is 0 Å². The second-order valence-electron chi connectivity index (χ2n) is 5.65. The molecule has 1 saturated carbocycles. The highest BCUT2D eigenvalue weighted by molar-refractivity contribution is 5.66. The maximum absolute atomic E-state index is 11.5. The van der Waals surface area contributed by atoms with E-state index >= 15 is 0 Å². The van der Waals surface area contributed by atoms with E-state index in [1.807, 2.05) is 18.2 Å². The molecule has 0 amide bonds. The molecule has 2 rings (SSSR count). The zero-order valence-corrected chi connectivity index (χ0v) is 12.1. The fraction of sp³-hybridized carbons (Fsp3) is 0.562. The van der Waals surface area contributed by atoms with Crippen molar-refractivity contribution in [2.24, 2.45) is 0 Å². The van der Waals surface area contributed by atoms with E-state index in [1.165, 1.54) is 6.92 Å². The summed E-state index contributed by atoms with van der Waals surface area (Å²) in [4.78, 5) is 13.7. The van der Waals surface area contributed by atoms with Crippen molar-refractivity contribution < 1.29 is 9.53 Å². The summed E-state index contributed by atoms with van der Waals surface area (Å²) in [5.41, 5.74) is 0.710. The highest BCUT2D eigenvalue weighted by Crippen LogP contribution is 2.41. The first-order chi connectivity index (χ1) is 9.03. The predicted molar refractivity (Wildman–Crippen MR) is 75.8 cm³/mol. The summed E-state index contributed by atoms with van der Waals surface area (Å²) in [6.45, 7) is 1.50. The molecule has 0 N–H and O–H groups in total. The highest BCUT2D eigenvalue weighted by atomic mass is 16.6. The lowest BCUT2D eigenvalue weighted by molar-refractivity contribution is -0.163. The van der Waals surface area contributed by atoms with Gasteiger partial charge in [0.05, 0.1) is 0 Å². The number of benzene rings is 1. The van der Waals surface area contributed by atoms with Crippen molar-refractivity contribution in [2.75, 3.05) is 14.1 Å². The molecule has 0 atom stereocenters. The smallest absolute Gasteiger partial charge is 0.303 e. The Hall–Kier alpha value is -1.35. The van der Waals surface area contributed by atoms with Crippen molar-refractivity contribution in [1.29, 1.82) is 0 Å². The molecule has 0 unspecified atom stereocenters. The summed E-state index contributed by atoms with van der Waals surface area (Å²) in [6, 6.07) is 10.7. The number of esters is 1. The molecule has 0 bridgehead atoms. The van der Waals surface area contributed by atoms with Crippen molar-refractivity contribution in [3.63, 3.8) is 0 Å². The van der Waals surface area contributed by atoms with Crippen LogP contribution in [-0.4, -0.2) is 31.0 Å². The normalized spacial score (nSPS) is 27.3. The second kappa shape index (κ2) is 5.74. The molecular formula is C16H23NO2. The van der Waals surface area contributed by atoms with Gasteiger partial charge in [-0.15, -0.1) is 0 Å². The monoisotopic (exact) mass is 261 g/mol. The quantitative estimate of drug-likeness (QED) is 0.783. The van der Waals surface area contributed by atoms with Crippen LogP contribution in [0.5, 0.6) is 0 Å². The molecule has 1 aliphatic carbocycles. The Morgan fingerprint density at radius 2 is 1.79 bits per heavy atom. The zero-order valence-electron chi connectivity index (χ0n) is 12.1. The van der Waals surface area contributed by atoms with Crippen LogP contribution in [-0.2, 0) is 15.1 Å². The number of ether oxygens (including phenoxy) is 1. The number of hydrogen-bond donors (Lipinski definition) is 0. The average molecular weight is 261 g/mol. The summed E-state index contributed by atoms with van der Waals surface area (Å²) < 4.78 is 5.74. The minimum atomic E-state index is -0.417. The number of nitrogens with zero attached hydrogens (tertiary/aromatic N) is 1. The van der Waals surface area contributed by atoms with E-state index in [9.17, 15) is 4.79 Å². The second-order valence-corrected chi connectivity index (χ2v) is 5.65. The van der Waals surface area contributed by atoms with Crippen molar-refractivity contribution in [3.05, 3.63) is 35.9 Å². The van der Waals surface area contributed by atoms with Gasteiger partial charge in [0.25, 0.3) is 0 Å². The molecule has 3 nitrogen and oxygen atoms in total. The Balaban J connectivity index is 2.21. The van der Waals surface area contributed by atoms with E-state index in [-0.39, 0.29) is 5.97 Å². The first-order valence-electron chi connectivity index (χ1n) is 6.95. The molecule has 0 spiro atoms. The molecular weight excluding hydrogens is 238 g/mol. The van der Waals surface area contributed by atoms with E-state index < -0.39 is 5.60 Å². The third-order valence-corrected chi connectivity index (χ3v) is 4.13. The van der Waals surface area contributed by atoms with Crippen molar-refractivity contribution >= 4 is 5.97 Å². The molecule has 3 heteroatoms. The van der Waals surface area contributed by atoms with Gasteiger partial charge >= 0.3 is 5.97 Å². The largest absolute Gasteiger partial charge is 0.454 e. The number of rotatable bonds is 3. The lowest BCUT2D eigenvalue weighted by atomic mass is 9.77. The summed E-state index contributed by atoms with van der Waals surface area (Å²) >= 11 is 0. The van der Waals surface area contributed by atoms with Gasteiger partial charge in [-0.3, -0.25) is 4.79 Å². The van der Waals surface area contributed by atoms with Crippen LogP contribution < -0.4 is 0 Å². The van der Waals surface area contributed by atoms with Crippen molar-refractivity contribution in [2.45, 2.75) is 44.2 Å². The van der Waals surface area contributed by atoms with Crippen LogP contribution in [0.1, 0.15) is 38.2 Å². The maximum Gasteiger partial charge on any atom is 0.303 e. The van der Waals surface area contributed by atoms with Gasteiger partial charge in [-0.25, -0.2) is 0 Å². The molecule has 104 valence electrons. The SMILES string of the molecule is CC(=O)OC1(c2ccccc2)CCC(N(C)C)CC1. The molecule has 0 aliphatic heterocycles. The van der Waals surface area contributed by atoms with Crippen LogP contribution in [0.25, 0.3) is 0 Å². The minimum Gasteiger partial charge on any atom is -0.454 e. The fourth-order valence-electron chi connectivity index (χ4n) is 3.05. The summed E-state index contributed by atoms with van der Waals surface area (Å²) in [5, 5.41) is 0. The standard InChI is InChI=1S/C16H23NO2/c1-13(18)19-16(14-7-5-4-6-8-14)11-9-15(10-12-16)17(2)3/h4-8,15H,9-12H2,1-3H3. The Labute approximate surface area is 115 Å². The van der Waals surface area contributed by atoms with Gasteiger partial charge in [0.2, 0.25) is 0 Å². The molecule has 1 aromatic carbocycles. The van der Waals surface area contributed by atoms with E-state index in [0.717, 1.165) is 31.2 Å². The van der Waals surface area contributed by atoms with E-state index in [2.05, 4.69) is 31.1 Å². The van der Waals surface area contributed by atoms with Crippen LogP contribution in [0.2, 0.25) is 0 Å². The van der Waals surface area contributed by atoms with E-state index in [4.69, 9.17) is 4.74 Å². The van der Waals surface area contributed by atoms with Gasteiger partial charge in [0.1, 0.15) is 5.60 Å². The molecule has 19 heavy (non-hydrogen) atoms. The highest BCUT2D eigenvalue weighted by Gasteiger charge is 2.40. The van der Waals surface area contributed by atoms with Crippen LogP contribution in [0.4, 0.5) is 0 Å². The Kier molecular flexibility index (Phi) is 4.25. The number of carbonyl (C=O) groups is 1. The Bertz CT molecular complexity index is 420. The maximum atomic E-state index is 11.5. The number of hydrogen-bond acceptors (Lipinski definition) is 3. The first-order valence-corrected chi connectivity index (χ1v) is 6.95. The predicted octanol–water partition coefficient (Wildman–Crippen LogP) is 2.95. The van der Waals surface area contributed by atoms with Gasteiger partial charge in [0, 0.05) is 13.0 Å². The first kappa shape index (κ1) is 14.1. The molecule has 1 aromatic rings. The van der Waals surface area contributed by atoms with Gasteiger partial charge in [-0.05, 0) is 45.3 Å². The molecule has 1 fully saturated rings. The molecule has 1 aliphatic rings. The summed E-state index contributed by atoms with van der Waals surface area (Å²) in [6.07, 6.45) is 3.93. The fourth-order valence-corrected chi connectivity index (χ4v) is 3.05. The third kappa shape index (κ3) is 3.16. The summed E-state index contributed by atoms with van der Waals surface area (Å²) in [7, 11) is 4.23. The average Bonchev–Trinajstić information content (AvgIpc) is 2.39. The molecule has 0 radical (unpaired) electrons. The minimum absolute atomic E-state index is 0.188. The molecule has 0 aromatic heterocycles. The van der Waals surface area contributed by atoms with Crippen LogP contribution in [0.15, 0.2) is 30.3 Å². The number of carbonyl (C=O) groups excluding carboxylic acids is 1. The van der Waals surface area contributed by atoms with Crippen molar-refractivity contribution in [1.82, 2.24) is 4.90 Å². The summed E-state index contributed by atoms with van der Waals surface area (Å²) in [5.74, 6) is -0.188. The van der Waals surface area contributed by atoms with Gasteiger partial charge in [0.15, 0.2) is 0 Å². The van der Waals surface area contributed by atoms with Crippen LogP contribution in [0.3, 0.4) is 0 Å². The lowest BCUT2D eigenvalue weighted by Gasteiger charge is -2.41. The lowest BCUT2D eigenvalue weighted by Crippen LogP contribution is -2.41. The van der Waals surface area contributed by atoms with E-state index in [1.54, 1.807) is 0 Å². The Morgan fingerprint density at radius 1 is 1.21 bits per heavy atom. The van der Waals surface area contributed by atoms with Crippen molar-refractivity contribution in [3.8, 4) is 0 Å². The molecule has 0 heterocycles. The topological polar surface area (TPSA) is 29.5 Å². The van der Waals surface area contributed by atoms with Gasteiger partial charge in [-0.2, -0.15) is 0 Å².